The largest absolute Gasteiger partial charge is 0.476 e. The third-order valence-corrected chi connectivity index (χ3v) is 1.66. The number of carboxylic acids is 1. The third kappa shape index (κ3) is 1.37. The topological polar surface area (TPSA) is 81.2 Å². The van der Waals surface area contributed by atoms with Gasteiger partial charge in [-0.3, -0.25) is 4.68 Å². The molecule has 14 heavy (non-hydrogen) atoms. The molecule has 0 fully saturated rings. The van der Waals surface area contributed by atoms with Crippen LogP contribution in [0.4, 0.5) is 0 Å². The predicted molar refractivity (Wildman–Crippen MR) is 45.7 cm³/mol. The summed E-state index contributed by atoms with van der Waals surface area (Å²) in [6.07, 6.45) is 2.81. The molecule has 0 aliphatic heterocycles. The summed E-state index contributed by atoms with van der Waals surface area (Å²) in [5.74, 6) is -0.904. The first-order chi connectivity index (χ1) is 6.66. The van der Waals surface area contributed by atoms with Gasteiger partial charge in [0.05, 0.1) is 0 Å². The lowest BCUT2D eigenvalue weighted by molar-refractivity contribution is 0.0690. The number of hydrogen-bond acceptors (Lipinski definition) is 4. The van der Waals surface area contributed by atoms with Crippen molar-refractivity contribution >= 4 is 5.97 Å². The zero-order valence-corrected chi connectivity index (χ0v) is 7.34. The lowest BCUT2D eigenvalue weighted by Crippen LogP contribution is -1.95. The standard InChI is InChI=1S/C8H7N3O3/c1-11-3-2-5(10-11)7-9-6(4-14-7)8(12)13/h2-4H,1H3,(H,12,13). The van der Waals surface area contributed by atoms with Crippen LogP contribution in [0.15, 0.2) is 22.9 Å². The normalized spacial score (nSPS) is 10.4. The van der Waals surface area contributed by atoms with Gasteiger partial charge < -0.3 is 9.52 Å². The molecule has 6 nitrogen and oxygen atoms in total. The Labute approximate surface area is 78.8 Å². The molecule has 0 radical (unpaired) electrons. The first kappa shape index (κ1) is 8.49. The van der Waals surface area contributed by atoms with Crippen LogP contribution in [-0.4, -0.2) is 25.8 Å². The Bertz CT molecular complexity index is 472. The maximum Gasteiger partial charge on any atom is 0.357 e. The summed E-state index contributed by atoms with van der Waals surface area (Å²) in [6, 6.07) is 1.69. The first-order valence-electron chi connectivity index (χ1n) is 3.85. The van der Waals surface area contributed by atoms with Gasteiger partial charge in [0.1, 0.15) is 12.0 Å². The van der Waals surface area contributed by atoms with Crippen molar-refractivity contribution in [2.45, 2.75) is 0 Å². The van der Waals surface area contributed by atoms with Crippen LogP contribution in [0.2, 0.25) is 0 Å². The van der Waals surface area contributed by atoms with Gasteiger partial charge in [0.2, 0.25) is 5.89 Å². The van der Waals surface area contributed by atoms with Crippen molar-refractivity contribution in [3.8, 4) is 11.6 Å². The Morgan fingerprint density at radius 2 is 2.43 bits per heavy atom. The van der Waals surface area contributed by atoms with Crippen molar-refractivity contribution in [3.05, 3.63) is 24.2 Å². The molecule has 1 N–H and O–H groups in total. The van der Waals surface area contributed by atoms with Gasteiger partial charge in [0.25, 0.3) is 0 Å². The van der Waals surface area contributed by atoms with E-state index in [1.807, 2.05) is 0 Å². The molecule has 0 unspecified atom stereocenters. The molecule has 2 heterocycles. The first-order valence-corrected chi connectivity index (χ1v) is 3.85. The van der Waals surface area contributed by atoms with Crippen LogP contribution < -0.4 is 0 Å². The molecule has 72 valence electrons. The maximum absolute atomic E-state index is 10.5. The van der Waals surface area contributed by atoms with Gasteiger partial charge in [-0.15, -0.1) is 0 Å². The Balaban J connectivity index is 2.38. The molecule has 2 rings (SSSR count). The van der Waals surface area contributed by atoms with Crippen LogP contribution in [-0.2, 0) is 7.05 Å². The van der Waals surface area contributed by atoms with Gasteiger partial charge in [-0.2, -0.15) is 5.10 Å². The van der Waals surface area contributed by atoms with Crippen LogP contribution in [0.3, 0.4) is 0 Å². The smallest absolute Gasteiger partial charge is 0.357 e. The maximum atomic E-state index is 10.5. The summed E-state index contributed by atoms with van der Waals surface area (Å²) >= 11 is 0. The number of aryl methyl sites for hydroxylation is 1. The van der Waals surface area contributed by atoms with E-state index in [-0.39, 0.29) is 11.6 Å². The van der Waals surface area contributed by atoms with Crippen molar-refractivity contribution in [1.29, 1.82) is 0 Å². The van der Waals surface area contributed by atoms with E-state index >= 15 is 0 Å². The number of aromatic nitrogens is 3. The molecule has 6 heteroatoms. The molecule has 2 aromatic heterocycles. The van der Waals surface area contributed by atoms with Crippen molar-refractivity contribution in [1.82, 2.24) is 14.8 Å². The molecule has 0 saturated heterocycles. The van der Waals surface area contributed by atoms with Gasteiger partial charge in [-0.25, -0.2) is 9.78 Å². The second kappa shape index (κ2) is 2.99. The highest BCUT2D eigenvalue weighted by Gasteiger charge is 2.13. The lowest BCUT2D eigenvalue weighted by atomic mass is 10.4. The quantitative estimate of drug-likeness (QED) is 0.761. The number of oxazole rings is 1. The highest BCUT2D eigenvalue weighted by Crippen LogP contribution is 2.15. The number of nitrogens with zero attached hydrogens (tertiary/aromatic N) is 3. The fourth-order valence-corrected chi connectivity index (χ4v) is 1.02. The Morgan fingerprint density at radius 3 is 2.93 bits per heavy atom. The molecular weight excluding hydrogens is 186 g/mol. The van der Waals surface area contributed by atoms with Gasteiger partial charge >= 0.3 is 5.97 Å². The molecule has 0 aromatic carbocycles. The number of aromatic carboxylic acids is 1. The molecule has 0 spiro atoms. The minimum absolute atomic E-state index is 0.120. The number of hydrogen-bond donors (Lipinski definition) is 1. The number of carbonyl (C=O) groups is 1. The average molecular weight is 193 g/mol. The van der Waals surface area contributed by atoms with Crippen LogP contribution in [0.25, 0.3) is 11.6 Å². The Kier molecular flexibility index (Phi) is 1.81. The SMILES string of the molecule is Cn1ccc(-c2nc(C(=O)O)co2)n1. The molecule has 0 amide bonds. The van der Waals surface area contributed by atoms with Gasteiger partial charge in [0.15, 0.2) is 5.69 Å². The van der Waals surface area contributed by atoms with Crippen LogP contribution in [0.1, 0.15) is 10.5 Å². The molecule has 2 aromatic rings. The summed E-state index contributed by atoms with van der Waals surface area (Å²) in [5.41, 5.74) is 0.394. The Hall–Kier alpha value is -2.11. The number of carboxylic acid groups (broad SMARTS) is 1. The van der Waals surface area contributed by atoms with Crippen LogP contribution in [0, 0.1) is 0 Å². The monoisotopic (exact) mass is 193 g/mol. The summed E-state index contributed by atoms with van der Waals surface area (Å²) < 4.78 is 6.54. The van der Waals surface area contributed by atoms with E-state index in [2.05, 4.69) is 10.1 Å². The molecule has 0 saturated carbocycles. The minimum atomic E-state index is -1.11. The second-order valence-corrected chi connectivity index (χ2v) is 2.72. The van der Waals surface area contributed by atoms with E-state index in [1.165, 1.54) is 0 Å². The van der Waals surface area contributed by atoms with Gasteiger partial charge in [-0.1, -0.05) is 0 Å². The van der Waals surface area contributed by atoms with Crippen LogP contribution >= 0.6 is 0 Å². The van der Waals surface area contributed by atoms with E-state index in [4.69, 9.17) is 9.52 Å². The zero-order chi connectivity index (χ0) is 10.1. The molecule has 0 atom stereocenters. The average Bonchev–Trinajstić information content (AvgIpc) is 2.70. The molecule has 0 aliphatic rings. The minimum Gasteiger partial charge on any atom is -0.476 e. The van der Waals surface area contributed by atoms with E-state index in [0.717, 1.165) is 6.26 Å². The summed E-state index contributed by atoms with van der Waals surface area (Å²) in [4.78, 5) is 14.3. The molecule has 0 bridgehead atoms. The highest BCUT2D eigenvalue weighted by atomic mass is 16.4. The van der Waals surface area contributed by atoms with Crippen molar-refractivity contribution in [2.24, 2.45) is 7.05 Å². The van der Waals surface area contributed by atoms with E-state index in [9.17, 15) is 4.79 Å². The van der Waals surface area contributed by atoms with Gasteiger partial charge in [0, 0.05) is 13.2 Å². The fraction of sp³-hybridized carbons (Fsp3) is 0.125. The third-order valence-electron chi connectivity index (χ3n) is 1.66. The van der Waals surface area contributed by atoms with Crippen molar-refractivity contribution in [2.75, 3.05) is 0 Å². The Morgan fingerprint density at radius 1 is 1.64 bits per heavy atom. The lowest BCUT2D eigenvalue weighted by Gasteiger charge is -1.86. The van der Waals surface area contributed by atoms with E-state index in [1.54, 1.807) is 24.0 Å². The second-order valence-electron chi connectivity index (χ2n) is 2.72. The molecule has 0 aliphatic carbocycles. The molecular formula is C8H7N3O3. The summed E-state index contributed by atoms with van der Waals surface area (Å²) in [7, 11) is 1.75. The fourth-order valence-electron chi connectivity index (χ4n) is 1.02. The van der Waals surface area contributed by atoms with Crippen LogP contribution in [0.5, 0.6) is 0 Å². The van der Waals surface area contributed by atoms with Crippen molar-refractivity contribution < 1.29 is 14.3 Å². The number of rotatable bonds is 2. The predicted octanol–water partition coefficient (Wildman–Crippen LogP) is 0.773. The summed E-state index contributed by atoms with van der Waals surface area (Å²) in [6.45, 7) is 0. The van der Waals surface area contributed by atoms with Gasteiger partial charge in [-0.05, 0) is 6.07 Å². The highest BCUT2D eigenvalue weighted by molar-refractivity contribution is 5.85. The van der Waals surface area contributed by atoms with E-state index in [0.29, 0.717) is 5.69 Å². The van der Waals surface area contributed by atoms with Crippen molar-refractivity contribution in [3.63, 3.8) is 0 Å². The van der Waals surface area contributed by atoms with E-state index < -0.39 is 5.97 Å². The summed E-state index contributed by atoms with van der Waals surface area (Å²) in [5, 5.41) is 12.6. The zero-order valence-electron chi connectivity index (χ0n) is 7.34.